The number of para-hydroxylation sites is 1. The number of hydrogen-bond donors (Lipinski definition) is 1. The summed E-state index contributed by atoms with van der Waals surface area (Å²) in [6.45, 7) is 7.05. The molecule has 1 fully saturated rings. The summed E-state index contributed by atoms with van der Waals surface area (Å²) in [6, 6.07) is 7.13. The molecular weight excluding hydrogens is 288 g/mol. The van der Waals surface area contributed by atoms with Crippen molar-refractivity contribution in [3.63, 3.8) is 0 Å². The van der Waals surface area contributed by atoms with Gasteiger partial charge in [0, 0.05) is 19.6 Å². The van der Waals surface area contributed by atoms with E-state index in [-0.39, 0.29) is 5.75 Å². The molecule has 0 saturated carbocycles. The van der Waals surface area contributed by atoms with Crippen molar-refractivity contribution in [2.24, 2.45) is 0 Å². The van der Waals surface area contributed by atoms with E-state index in [4.69, 9.17) is 4.74 Å². The van der Waals surface area contributed by atoms with Gasteiger partial charge in [0.2, 0.25) is 0 Å². The molecule has 0 unspecified atom stereocenters. The van der Waals surface area contributed by atoms with Gasteiger partial charge in [-0.15, -0.1) is 0 Å². The van der Waals surface area contributed by atoms with Gasteiger partial charge in [0.1, 0.15) is 0 Å². The molecule has 5 nitrogen and oxygen atoms in total. The SMILES string of the molecule is CCS(=O)(=O)c1ccccc1NCCCN1CCOCC1. The fourth-order valence-corrected chi connectivity index (χ4v) is 3.46. The monoisotopic (exact) mass is 312 g/mol. The van der Waals surface area contributed by atoms with Gasteiger partial charge in [0.25, 0.3) is 0 Å². The lowest BCUT2D eigenvalue weighted by Gasteiger charge is -2.26. The van der Waals surface area contributed by atoms with Crippen LogP contribution in [0, 0.1) is 0 Å². The van der Waals surface area contributed by atoms with Crippen molar-refractivity contribution in [3.8, 4) is 0 Å². The van der Waals surface area contributed by atoms with E-state index in [1.54, 1.807) is 19.1 Å². The third kappa shape index (κ3) is 4.69. The first-order valence-electron chi connectivity index (χ1n) is 7.49. The summed E-state index contributed by atoms with van der Waals surface area (Å²) in [5.74, 6) is 0.124. The molecule has 0 aromatic heterocycles. The number of nitrogens with one attached hydrogen (secondary N) is 1. The molecule has 1 saturated heterocycles. The lowest BCUT2D eigenvalue weighted by atomic mass is 10.3. The van der Waals surface area contributed by atoms with Crippen LogP contribution in [0.3, 0.4) is 0 Å². The molecule has 0 bridgehead atoms. The Hall–Kier alpha value is -1.11. The number of ether oxygens (including phenoxy) is 1. The van der Waals surface area contributed by atoms with Gasteiger partial charge >= 0.3 is 0 Å². The van der Waals surface area contributed by atoms with E-state index in [0.29, 0.717) is 10.6 Å². The molecule has 1 aromatic carbocycles. The molecule has 21 heavy (non-hydrogen) atoms. The lowest BCUT2D eigenvalue weighted by Crippen LogP contribution is -2.37. The van der Waals surface area contributed by atoms with Crippen molar-refractivity contribution in [1.29, 1.82) is 0 Å². The van der Waals surface area contributed by atoms with Crippen LogP contribution in [0.25, 0.3) is 0 Å². The third-order valence-electron chi connectivity index (χ3n) is 3.67. The number of benzene rings is 1. The molecule has 0 spiro atoms. The Morgan fingerprint density at radius 2 is 1.95 bits per heavy atom. The van der Waals surface area contributed by atoms with Gasteiger partial charge < -0.3 is 10.1 Å². The summed E-state index contributed by atoms with van der Waals surface area (Å²) in [6.07, 6.45) is 0.987. The normalized spacial score (nSPS) is 16.8. The highest BCUT2D eigenvalue weighted by Gasteiger charge is 2.15. The number of anilines is 1. The standard InChI is InChI=1S/C15H24N2O3S/c1-2-21(18,19)15-7-4-3-6-14(15)16-8-5-9-17-10-12-20-13-11-17/h3-4,6-7,16H,2,5,8-13H2,1H3. The second kappa shape index (κ2) is 7.77. The van der Waals surface area contributed by atoms with Crippen molar-refractivity contribution in [1.82, 2.24) is 4.90 Å². The zero-order valence-electron chi connectivity index (χ0n) is 12.5. The largest absolute Gasteiger partial charge is 0.384 e. The first-order valence-corrected chi connectivity index (χ1v) is 9.14. The van der Waals surface area contributed by atoms with E-state index in [0.717, 1.165) is 45.8 Å². The van der Waals surface area contributed by atoms with Gasteiger partial charge in [0.15, 0.2) is 9.84 Å². The minimum atomic E-state index is -3.18. The Bertz CT molecular complexity index is 540. The van der Waals surface area contributed by atoms with Crippen LogP contribution in [0.2, 0.25) is 0 Å². The van der Waals surface area contributed by atoms with E-state index in [9.17, 15) is 8.42 Å². The summed E-state index contributed by atoms with van der Waals surface area (Å²) >= 11 is 0. The summed E-state index contributed by atoms with van der Waals surface area (Å²) in [5, 5.41) is 3.26. The smallest absolute Gasteiger partial charge is 0.180 e. The van der Waals surface area contributed by atoms with Gasteiger partial charge in [-0.2, -0.15) is 0 Å². The number of rotatable bonds is 7. The van der Waals surface area contributed by atoms with Crippen LogP contribution in [0.4, 0.5) is 5.69 Å². The molecule has 1 N–H and O–H groups in total. The second-order valence-corrected chi connectivity index (χ2v) is 7.38. The van der Waals surface area contributed by atoms with Gasteiger partial charge in [-0.3, -0.25) is 4.90 Å². The van der Waals surface area contributed by atoms with Crippen LogP contribution >= 0.6 is 0 Å². The highest BCUT2D eigenvalue weighted by molar-refractivity contribution is 7.91. The zero-order chi connectivity index (χ0) is 15.1. The predicted molar refractivity (Wildman–Crippen MR) is 84.5 cm³/mol. The quantitative estimate of drug-likeness (QED) is 0.775. The Labute approximate surface area is 127 Å². The van der Waals surface area contributed by atoms with E-state index < -0.39 is 9.84 Å². The van der Waals surface area contributed by atoms with Crippen molar-refractivity contribution in [2.75, 3.05) is 50.5 Å². The molecule has 0 atom stereocenters. The number of sulfone groups is 1. The highest BCUT2D eigenvalue weighted by atomic mass is 32.2. The first-order chi connectivity index (χ1) is 10.1. The van der Waals surface area contributed by atoms with E-state index >= 15 is 0 Å². The molecule has 1 aromatic rings. The Morgan fingerprint density at radius 3 is 2.67 bits per heavy atom. The highest BCUT2D eigenvalue weighted by Crippen LogP contribution is 2.21. The zero-order valence-corrected chi connectivity index (χ0v) is 13.4. The fourth-order valence-electron chi connectivity index (χ4n) is 2.39. The summed E-state index contributed by atoms with van der Waals surface area (Å²) in [7, 11) is -3.18. The third-order valence-corrected chi connectivity index (χ3v) is 5.46. The Kier molecular flexibility index (Phi) is 6.02. The summed E-state index contributed by atoms with van der Waals surface area (Å²) in [5.41, 5.74) is 0.710. The van der Waals surface area contributed by atoms with Crippen LogP contribution in [0.5, 0.6) is 0 Å². The molecule has 118 valence electrons. The van der Waals surface area contributed by atoms with Crippen LogP contribution < -0.4 is 5.32 Å². The molecule has 2 rings (SSSR count). The molecule has 1 heterocycles. The second-order valence-electron chi connectivity index (χ2n) is 5.13. The number of morpholine rings is 1. The Balaban J connectivity index is 1.86. The van der Waals surface area contributed by atoms with E-state index in [1.165, 1.54) is 0 Å². The first kappa shape index (κ1) is 16.3. The number of hydrogen-bond acceptors (Lipinski definition) is 5. The van der Waals surface area contributed by atoms with Crippen LogP contribution in [0.1, 0.15) is 13.3 Å². The van der Waals surface area contributed by atoms with E-state index in [2.05, 4.69) is 10.2 Å². The molecule has 1 aliphatic heterocycles. The summed E-state index contributed by atoms with van der Waals surface area (Å²) in [4.78, 5) is 2.78. The maximum Gasteiger partial charge on any atom is 0.180 e. The van der Waals surface area contributed by atoms with Crippen molar-refractivity contribution in [3.05, 3.63) is 24.3 Å². The predicted octanol–water partition coefficient (Wildman–Crippen LogP) is 1.61. The molecular formula is C15H24N2O3S. The summed E-state index contributed by atoms with van der Waals surface area (Å²) < 4.78 is 29.4. The average Bonchev–Trinajstić information content (AvgIpc) is 2.53. The van der Waals surface area contributed by atoms with Crippen molar-refractivity contribution >= 4 is 15.5 Å². The molecule has 0 radical (unpaired) electrons. The maximum atomic E-state index is 12.0. The van der Waals surface area contributed by atoms with E-state index in [1.807, 2.05) is 12.1 Å². The topological polar surface area (TPSA) is 58.6 Å². The van der Waals surface area contributed by atoms with Gasteiger partial charge in [-0.25, -0.2) is 8.42 Å². The molecule has 0 amide bonds. The van der Waals surface area contributed by atoms with Crippen LogP contribution in [-0.4, -0.2) is 58.5 Å². The maximum absolute atomic E-state index is 12.0. The van der Waals surface area contributed by atoms with Gasteiger partial charge in [-0.05, 0) is 25.1 Å². The van der Waals surface area contributed by atoms with Crippen LogP contribution in [-0.2, 0) is 14.6 Å². The van der Waals surface area contributed by atoms with Gasteiger partial charge in [-0.1, -0.05) is 19.1 Å². The lowest BCUT2D eigenvalue weighted by molar-refractivity contribution is 0.0378. The average molecular weight is 312 g/mol. The minimum absolute atomic E-state index is 0.124. The minimum Gasteiger partial charge on any atom is -0.384 e. The van der Waals surface area contributed by atoms with Crippen molar-refractivity contribution in [2.45, 2.75) is 18.2 Å². The fraction of sp³-hybridized carbons (Fsp3) is 0.600. The van der Waals surface area contributed by atoms with Crippen molar-refractivity contribution < 1.29 is 13.2 Å². The number of nitrogens with zero attached hydrogens (tertiary/aromatic N) is 1. The Morgan fingerprint density at radius 1 is 1.24 bits per heavy atom. The van der Waals surface area contributed by atoms with Gasteiger partial charge in [0.05, 0.1) is 29.5 Å². The molecule has 1 aliphatic rings. The molecule has 6 heteroatoms. The van der Waals surface area contributed by atoms with Crippen LogP contribution in [0.15, 0.2) is 29.2 Å². The molecule has 0 aliphatic carbocycles.